The molecule has 2 aliphatic heterocycles. The van der Waals surface area contributed by atoms with Crippen LogP contribution in [0.5, 0.6) is 0 Å². The predicted molar refractivity (Wildman–Crippen MR) is 95.8 cm³/mol. The summed E-state index contributed by atoms with van der Waals surface area (Å²) in [7, 11) is 1.77. The molecule has 4 rings (SSSR count). The van der Waals surface area contributed by atoms with Crippen molar-refractivity contribution >= 4 is 17.5 Å². The number of benzene rings is 1. The molecule has 0 radical (unpaired) electrons. The highest BCUT2D eigenvalue weighted by molar-refractivity contribution is 5.96. The van der Waals surface area contributed by atoms with Crippen molar-refractivity contribution in [1.82, 2.24) is 14.7 Å². The summed E-state index contributed by atoms with van der Waals surface area (Å²) in [5, 5.41) is 4.06. The number of rotatable bonds is 2. The van der Waals surface area contributed by atoms with Crippen LogP contribution in [-0.4, -0.2) is 58.3 Å². The van der Waals surface area contributed by atoms with Crippen LogP contribution < -0.4 is 4.90 Å². The molecule has 1 unspecified atom stereocenters. The summed E-state index contributed by atoms with van der Waals surface area (Å²) in [6.45, 7) is 1.34. The minimum atomic E-state index is -0.613. The highest BCUT2D eigenvalue weighted by atomic mass is 19.1. The van der Waals surface area contributed by atoms with Crippen LogP contribution in [0.3, 0.4) is 0 Å². The second-order valence-corrected chi connectivity index (χ2v) is 7.16. The first-order valence-corrected chi connectivity index (χ1v) is 8.94. The minimum absolute atomic E-state index is 0.0493. The molecule has 2 saturated heterocycles. The molecule has 0 saturated carbocycles. The third-order valence-electron chi connectivity index (χ3n) is 5.17. The molecular weight excluding hydrogens is 351 g/mol. The van der Waals surface area contributed by atoms with Crippen LogP contribution in [0, 0.1) is 5.82 Å². The summed E-state index contributed by atoms with van der Waals surface area (Å²) >= 11 is 0. The van der Waals surface area contributed by atoms with Gasteiger partial charge in [-0.15, -0.1) is 0 Å². The van der Waals surface area contributed by atoms with E-state index in [1.807, 2.05) is 0 Å². The summed E-state index contributed by atoms with van der Waals surface area (Å²) in [4.78, 5) is 28.5. The lowest BCUT2D eigenvalue weighted by atomic mass is 9.90. The molecule has 2 aromatic rings. The number of nitrogens with zero attached hydrogens (tertiary/aromatic N) is 4. The molecule has 2 amide bonds. The van der Waals surface area contributed by atoms with Gasteiger partial charge in [0.15, 0.2) is 0 Å². The number of ether oxygens (including phenoxy) is 1. The van der Waals surface area contributed by atoms with Crippen molar-refractivity contribution in [3.63, 3.8) is 0 Å². The Kier molecular flexibility index (Phi) is 4.43. The Balaban J connectivity index is 1.54. The third-order valence-corrected chi connectivity index (χ3v) is 5.17. The standard InChI is InChI=1S/C19H21FN4O3/c1-22-10-14(9-21-22)18(26)23-8-2-7-19(12-23)13-24(17(25)11-27-19)16-5-3-15(20)4-6-16/h3-6,9-10H,2,7-8,11-13H2,1H3. The largest absolute Gasteiger partial charge is 0.361 e. The maximum atomic E-state index is 13.2. The van der Waals surface area contributed by atoms with Crippen molar-refractivity contribution in [3.05, 3.63) is 48.0 Å². The van der Waals surface area contributed by atoms with Crippen molar-refractivity contribution in [2.45, 2.75) is 18.4 Å². The predicted octanol–water partition coefficient (Wildman–Crippen LogP) is 1.60. The molecule has 2 aliphatic rings. The Morgan fingerprint density at radius 3 is 2.74 bits per heavy atom. The van der Waals surface area contributed by atoms with Crippen molar-refractivity contribution < 1.29 is 18.7 Å². The van der Waals surface area contributed by atoms with Crippen LogP contribution in [0.2, 0.25) is 0 Å². The molecule has 8 heteroatoms. The van der Waals surface area contributed by atoms with Gasteiger partial charge in [-0.2, -0.15) is 5.10 Å². The van der Waals surface area contributed by atoms with Gasteiger partial charge in [-0.25, -0.2) is 4.39 Å². The summed E-state index contributed by atoms with van der Waals surface area (Å²) in [5.41, 5.74) is 0.565. The first-order chi connectivity index (χ1) is 13.0. The number of aryl methyl sites for hydroxylation is 1. The number of morpholine rings is 1. The summed E-state index contributed by atoms with van der Waals surface area (Å²) in [5.74, 6) is -0.598. The Bertz CT molecular complexity index is 866. The van der Waals surface area contributed by atoms with Crippen LogP contribution in [0.25, 0.3) is 0 Å². The summed E-state index contributed by atoms with van der Waals surface area (Å²) in [6.07, 6.45) is 4.80. The SMILES string of the molecule is Cn1cc(C(=O)N2CCCC3(C2)CN(c2ccc(F)cc2)C(=O)CO3)cn1. The van der Waals surface area contributed by atoms with E-state index in [0.29, 0.717) is 30.9 Å². The van der Waals surface area contributed by atoms with E-state index < -0.39 is 5.60 Å². The molecule has 1 atom stereocenters. The van der Waals surface area contributed by atoms with E-state index in [1.165, 1.54) is 12.1 Å². The number of piperidine rings is 1. The third kappa shape index (κ3) is 3.44. The number of anilines is 1. The molecule has 3 heterocycles. The van der Waals surface area contributed by atoms with E-state index in [9.17, 15) is 14.0 Å². The molecule has 0 aliphatic carbocycles. The average Bonchev–Trinajstić information content (AvgIpc) is 3.11. The molecule has 1 aromatic heterocycles. The van der Waals surface area contributed by atoms with Crippen molar-refractivity contribution in [3.8, 4) is 0 Å². The van der Waals surface area contributed by atoms with Crippen molar-refractivity contribution in [1.29, 1.82) is 0 Å². The van der Waals surface area contributed by atoms with Gasteiger partial charge in [0.2, 0.25) is 0 Å². The monoisotopic (exact) mass is 372 g/mol. The van der Waals surface area contributed by atoms with E-state index >= 15 is 0 Å². The maximum Gasteiger partial charge on any atom is 0.257 e. The zero-order chi connectivity index (χ0) is 19.0. The molecule has 0 N–H and O–H groups in total. The molecule has 0 bridgehead atoms. The molecule has 1 aromatic carbocycles. The molecule has 27 heavy (non-hydrogen) atoms. The van der Waals surface area contributed by atoms with E-state index in [0.717, 1.165) is 12.8 Å². The van der Waals surface area contributed by atoms with Gasteiger partial charge in [-0.05, 0) is 37.1 Å². The van der Waals surface area contributed by atoms with Crippen LogP contribution >= 0.6 is 0 Å². The fourth-order valence-corrected chi connectivity index (χ4v) is 3.80. The average molecular weight is 372 g/mol. The Morgan fingerprint density at radius 1 is 1.26 bits per heavy atom. The zero-order valence-electron chi connectivity index (χ0n) is 15.1. The van der Waals surface area contributed by atoms with Crippen LogP contribution in [-0.2, 0) is 16.6 Å². The normalized spacial score (nSPS) is 23.1. The van der Waals surface area contributed by atoms with E-state index in [2.05, 4.69) is 5.10 Å². The van der Waals surface area contributed by atoms with Gasteiger partial charge in [0.25, 0.3) is 11.8 Å². The highest BCUT2D eigenvalue weighted by Gasteiger charge is 2.44. The topological polar surface area (TPSA) is 67.7 Å². The van der Waals surface area contributed by atoms with Gasteiger partial charge in [0, 0.05) is 25.5 Å². The van der Waals surface area contributed by atoms with Crippen LogP contribution in [0.4, 0.5) is 10.1 Å². The minimum Gasteiger partial charge on any atom is -0.361 e. The lowest BCUT2D eigenvalue weighted by Crippen LogP contribution is -2.62. The molecule has 7 nitrogen and oxygen atoms in total. The first-order valence-electron chi connectivity index (χ1n) is 8.94. The highest BCUT2D eigenvalue weighted by Crippen LogP contribution is 2.32. The smallest absolute Gasteiger partial charge is 0.257 e. The molecule has 142 valence electrons. The fourth-order valence-electron chi connectivity index (χ4n) is 3.80. The first kappa shape index (κ1) is 17.7. The summed E-state index contributed by atoms with van der Waals surface area (Å²) in [6, 6.07) is 5.86. The number of hydrogen-bond acceptors (Lipinski definition) is 4. The van der Waals surface area contributed by atoms with E-state index in [1.54, 1.807) is 46.1 Å². The number of aromatic nitrogens is 2. The van der Waals surface area contributed by atoms with Gasteiger partial charge in [0.05, 0.1) is 24.8 Å². The Hall–Kier alpha value is -2.74. The number of carbonyl (C=O) groups is 2. The fraction of sp³-hybridized carbons (Fsp3) is 0.421. The molecular formula is C19H21FN4O3. The van der Waals surface area contributed by atoms with Crippen molar-refractivity contribution in [2.75, 3.05) is 31.1 Å². The zero-order valence-corrected chi connectivity index (χ0v) is 15.1. The molecule has 1 spiro atoms. The van der Waals surface area contributed by atoms with Crippen molar-refractivity contribution in [2.24, 2.45) is 7.05 Å². The van der Waals surface area contributed by atoms with Crippen LogP contribution in [0.1, 0.15) is 23.2 Å². The Labute approximate surface area is 156 Å². The van der Waals surface area contributed by atoms with Gasteiger partial charge < -0.3 is 14.5 Å². The summed E-state index contributed by atoms with van der Waals surface area (Å²) < 4.78 is 20.8. The number of likely N-dealkylation sites (tertiary alicyclic amines) is 1. The number of carbonyl (C=O) groups excluding carboxylic acids is 2. The van der Waals surface area contributed by atoms with E-state index in [-0.39, 0.29) is 24.2 Å². The number of amides is 2. The quantitative estimate of drug-likeness (QED) is 0.803. The number of hydrogen-bond donors (Lipinski definition) is 0. The number of halogens is 1. The second-order valence-electron chi connectivity index (χ2n) is 7.16. The second kappa shape index (κ2) is 6.77. The molecule has 2 fully saturated rings. The lowest BCUT2D eigenvalue weighted by molar-refractivity contribution is -0.144. The maximum absolute atomic E-state index is 13.2. The van der Waals surface area contributed by atoms with E-state index in [4.69, 9.17) is 4.74 Å². The van der Waals surface area contributed by atoms with Gasteiger partial charge in [-0.3, -0.25) is 14.3 Å². The van der Waals surface area contributed by atoms with Gasteiger partial charge >= 0.3 is 0 Å². The van der Waals surface area contributed by atoms with Gasteiger partial charge in [-0.1, -0.05) is 0 Å². The van der Waals surface area contributed by atoms with Gasteiger partial charge in [0.1, 0.15) is 18.0 Å². The Morgan fingerprint density at radius 2 is 2.04 bits per heavy atom. The lowest BCUT2D eigenvalue weighted by Gasteiger charge is -2.47. The van der Waals surface area contributed by atoms with Crippen LogP contribution in [0.15, 0.2) is 36.7 Å².